The molecule has 6 nitrogen and oxygen atoms in total. The molecule has 0 spiro atoms. The molecule has 2 aromatic rings. The molecular formula is C20H16ClF3N2O4S. The van der Waals surface area contributed by atoms with Gasteiger partial charge in [-0.05, 0) is 50.2 Å². The number of ether oxygens (including phenoxy) is 1. The van der Waals surface area contributed by atoms with Gasteiger partial charge >= 0.3 is 12.1 Å². The summed E-state index contributed by atoms with van der Waals surface area (Å²) in [6, 6.07) is 7.07. The van der Waals surface area contributed by atoms with Crippen molar-refractivity contribution < 1.29 is 32.3 Å². The van der Waals surface area contributed by atoms with Crippen molar-refractivity contribution in [1.29, 1.82) is 0 Å². The summed E-state index contributed by atoms with van der Waals surface area (Å²) in [4.78, 5) is 37.3. The molecule has 11 heteroatoms. The number of alkyl halides is 3. The van der Waals surface area contributed by atoms with Crippen molar-refractivity contribution in [3.63, 3.8) is 0 Å². The van der Waals surface area contributed by atoms with Crippen LogP contribution in [0.3, 0.4) is 0 Å². The quantitative estimate of drug-likeness (QED) is 0.613. The van der Waals surface area contributed by atoms with Gasteiger partial charge in [-0.25, -0.2) is 4.79 Å². The maximum Gasteiger partial charge on any atom is 0.416 e. The van der Waals surface area contributed by atoms with Crippen LogP contribution in [0.15, 0.2) is 41.3 Å². The highest BCUT2D eigenvalue weighted by Gasteiger charge is 2.31. The Morgan fingerprint density at radius 3 is 2.61 bits per heavy atom. The molecule has 1 aliphatic heterocycles. The molecule has 164 valence electrons. The molecule has 1 heterocycles. The summed E-state index contributed by atoms with van der Waals surface area (Å²) in [6.07, 6.45) is -5.93. The molecule has 0 saturated heterocycles. The van der Waals surface area contributed by atoms with Gasteiger partial charge in [0.1, 0.15) is 0 Å². The van der Waals surface area contributed by atoms with Crippen LogP contribution < -0.4 is 10.6 Å². The van der Waals surface area contributed by atoms with Crippen molar-refractivity contribution in [3.8, 4) is 0 Å². The normalized spacial score (nSPS) is 16.7. The summed E-state index contributed by atoms with van der Waals surface area (Å²) in [7, 11) is 0. The number of nitrogens with one attached hydrogen (secondary N) is 2. The van der Waals surface area contributed by atoms with Gasteiger partial charge in [0.15, 0.2) is 6.10 Å². The zero-order valence-corrected chi connectivity index (χ0v) is 17.7. The van der Waals surface area contributed by atoms with Crippen LogP contribution in [-0.4, -0.2) is 29.1 Å². The largest absolute Gasteiger partial charge is 0.449 e. The fourth-order valence-electron chi connectivity index (χ4n) is 2.65. The van der Waals surface area contributed by atoms with E-state index in [9.17, 15) is 27.6 Å². The predicted octanol–water partition coefficient (Wildman–Crippen LogP) is 4.98. The molecule has 1 aliphatic rings. The lowest BCUT2D eigenvalue weighted by Crippen LogP contribution is -2.30. The van der Waals surface area contributed by atoms with Crippen LogP contribution in [0.1, 0.15) is 29.8 Å². The number of hydrogen-bond acceptors (Lipinski definition) is 5. The first-order valence-electron chi connectivity index (χ1n) is 8.96. The number of thioether (sulfide) groups is 1. The highest BCUT2D eigenvalue weighted by atomic mass is 35.5. The maximum atomic E-state index is 12.9. The number of fused-ring (bicyclic) bond motifs is 1. The van der Waals surface area contributed by atoms with Crippen LogP contribution in [0.5, 0.6) is 0 Å². The van der Waals surface area contributed by atoms with Gasteiger partial charge in [0.25, 0.3) is 5.91 Å². The minimum Gasteiger partial charge on any atom is -0.449 e. The third-order valence-electron chi connectivity index (χ3n) is 4.35. The molecule has 0 radical (unpaired) electrons. The summed E-state index contributed by atoms with van der Waals surface area (Å²) in [6.45, 7) is 3.02. The number of hydrogen-bond donors (Lipinski definition) is 2. The minimum absolute atomic E-state index is 0.1000. The molecule has 0 fully saturated rings. The van der Waals surface area contributed by atoms with Crippen LogP contribution in [0.25, 0.3) is 0 Å². The van der Waals surface area contributed by atoms with Gasteiger partial charge in [-0.3, -0.25) is 9.59 Å². The number of anilines is 2. The van der Waals surface area contributed by atoms with E-state index in [0.717, 1.165) is 17.0 Å². The molecule has 2 N–H and O–H groups in total. The molecule has 0 unspecified atom stereocenters. The highest BCUT2D eigenvalue weighted by molar-refractivity contribution is 8.00. The zero-order chi connectivity index (χ0) is 22.9. The van der Waals surface area contributed by atoms with E-state index in [1.54, 1.807) is 13.0 Å². The van der Waals surface area contributed by atoms with E-state index in [1.165, 1.54) is 30.8 Å². The molecule has 0 aliphatic carbocycles. The van der Waals surface area contributed by atoms with Crippen molar-refractivity contribution in [2.45, 2.75) is 36.3 Å². The maximum absolute atomic E-state index is 12.9. The Morgan fingerprint density at radius 2 is 1.94 bits per heavy atom. The Bertz CT molecular complexity index is 1060. The number of amides is 2. The lowest BCUT2D eigenvalue weighted by Gasteiger charge is -2.22. The Morgan fingerprint density at radius 1 is 1.23 bits per heavy atom. The van der Waals surface area contributed by atoms with Crippen molar-refractivity contribution >= 4 is 52.5 Å². The van der Waals surface area contributed by atoms with Crippen LogP contribution >= 0.6 is 23.4 Å². The van der Waals surface area contributed by atoms with Crippen LogP contribution in [0.4, 0.5) is 24.5 Å². The topological polar surface area (TPSA) is 84.5 Å². The molecule has 2 atom stereocenters. The Kier molecular flexibility index (Phi) is 6.51. The third-order valence-corrected chi connectivity index (χ3v) is 5.86. The monoisotopic (exact) mass is 472 g/mol. The Hall–Kier alpha value is -2.72. The third kappa shape index (κ3) is 5.31. The predicted molar refractivity (Wildman–Crippen MR) is 110 cm³/mol. The molecule has 31 heavy (non-hydrogen) atoms. The Labute approximate surface area is 184 Å². The van der Waals surface area contributed by atoms with Crippen LogP contribution in [0.2, 0.25) is 5.02 Å². The standard InChI is InChI=1S/C20H16ClF3N2O4S/c1-9(17(27)25-14-8-12(20(22,23)24)4-5-13(14)21)30-19(29)11-3-6-16-15(7-11)26-18(28)10(2)31-16/h3-10H,1-2H3,(H,25,27)(H,26,28)/t9-,10-/m0/s1. The van der Waals surface area contributed by atoms with Crippen molar-refractivity contribution in [2.75, 3.05) is 10.6 Å². The van der Waals surface area contributed by atoms with E-state index in [0.29, 0.717) is 11.8 Å². The van der Waals surface area contributed by atoms with Crippen molar-refractivity contribution in [3.05, 3.63) is 52.5 Å². The summed E-state index contributed by atoms with van der Waals surface area (Å²) < 4.78 is 43.7. The number of carbonyl (C=O) groups excluding carboxylic acids is 3. The van der Waals surface area contributed by atoms with Gasteiger partial charge < -0.3 is 15.4 Å². The first kappa shape index (κ1) is 23.0. The van der Waals surface area contributed by atoms with Gasteiger partial charge in [-0.1, -0.05) is 11.6 Å². The van der Waals surface area contributed by atoms with E-state index in [-0.39, 0.29) is 27.4 Å². The molecule has 2 amide bonds. The van der Waals surface area contributed by atoms with Gasteiger partial charge in [0.2, 0.25) is 5.91 Å². The van der Waals surface area contributed by atoms with Gasteiger partial charge in [-0.15, -0.1) is 11.8 Å². The summed E-state index contributed by atoms with van der Waals surface area (Å²) in [5.74, 6) is -1.89. The van der Waals surface area contributed by atoms with E-state index < -0.39 is 29.7 Å². The van der Waals surface area contributed by atoms with Gasteiger partial charge in [-0.2, -0.15) is 13.2 Å². The number of carbonyl (C=O) groups is 3. The molecule has 0 bridgehead atoms. The lowest BCUT2D eigenvalue weighted by atomic mass is 10.2. The number of halogens is 4. The van der Waals surface area contributed by atoms with E-state index in [1.807, 2.05) is 0 Å². The fourth-order valence-corrected chi connectivity index (χ4v) is 3.74. The summed E-state index contributed by atoms with van der Waals surface area (Å²) in [5.41, 5.74) is -0.687. The highest BCUT2D eigenvalue weighted by Crippen LogP contribution is 2.36. The van der Waals surface area contributed by atoms with E-state index >= 15 is 0 Å². The Balaban J connectivity index is 1.69. The van der Waals surface area contributed by atoms with Gasteiger partial charge in [0, 0.05) is 4.90 Å². The fraction of sp³-hybridized carbons (Fsp3) is 0.250. The minimum atomic E-state index is -4.61. The molecule has 0 aromatic heterocycles. The molecule has 3 rings (SSSR count). The summed E-state index contributed by atoms with van der Waals surface area (Å²) >= 11 is 7.20. The molecule has 2 aromatic carbocycles. The lowest BCUT2D eigenvalue weighted by molar-refractivity contribution is -0.137. The number of esters is 1. The average molecular weight is 473 g/mol. The van der Waals surface area contributed by atoms with Crippen LogP contribution in [0, 0.1) is 0 Å². The van der Waals surface area contributed by atoms with Crippen molar-refractivity contribution in [2.24, 2.45) is 0 Å². The second-order valence-electron chi connectivity index (χ2n) is 6.69. The first-order valence-corrected chi connectivity index (χ1v) is 10.2. The second kappa shape index (κ2) is 8.80. The van der Waals surface area contributed by atoms with Crippen LogP contribution in [-0.2, 0) is 20.5 Å². The average Bonchev–Trinajstić information content (AvgIpc) is 2.69. The van der Waals surface area contributed by atoms with E-state index in [2.05, 4.69) is 10.6 Å². The smallest absolute Gasteiger partial charge is 0.416 e. The SMILES string of the molecule is C[C@H](OC(=O)c1ccc2c(c1)NC(=O)[C@H](C)S2)C(=O)Nc1cc(C(F)(F)F)ccc1Cl. The van der Waals surface area contributed by atoms with E-state index in [4.69, 9.17) is 16.3 Å². The molecule has 0 saturated carbocycles. The first-order chi connectivity index (χ1) is 14.5. The zero-order valence-electron chi connectivity index (χ0n) is 16.2. The number of benzene rings is 2. The molecular weight excluding hydrogens is 457 g/mol. The van der Waals surface area contributed by atoms with Crippen molar-refractivity contribution in [1.82, 2.24) is 0 Å². The number of rotatable bonds is 4. The van der Waals surface area contributed by atoms with Gasteiger partial charge in [0.05, 0.1) is 32.8 Å². The second-order valence-corrected chi connectivity index (χ2v) is 8.48. The summed E-state index contributed by atoms with van der Waals surface area (Å²) in [5, 5.41) is 4.55.